The zero-order chi connectivity index (χ0) is 28.3. The van der Waals surface area contributed by atoms with Crippen LogP contribution >= 0.6 is 0 Å². The van der Waals surface area contributed by atoms with E-state index in [0.717, 1.165) is 54.0 Å². The lowest BCUT2D eigenvalue weighted by Gasteiger charge is -2.41. The zero-order valence-corrected chi connectivity index (χ0v) is 23.3. The summed E-state index contributed by atoms with van der Waals surface area (Å²) >= 11 is 0. The van der Waals surface area contributed by atoms with Gasteiger partial charge in [0.05, 0.1) is 18.4 Å². The quantitative estimate of drug-likeness (QED) is 0.230. The van der Waals surface area contributed by atoms with Gasteiger partial charge in [-0.3, -0.25) is 25.0 Å². The fourth-order valence-corrected chi connectivity index (χ4v) is 7.08. The van der Waals surface area contributed by atoms with E-state index in [4.69, 9.17) is 0 Å². The number of hydrogen-bond acceptors (Lipinski definition) is 5. The number of nitrogens with zero attached hydrogens (tertiary/aromatic N) is 2. The second-order valence-electron chi connectivity index (χ2n) is 12.5. The lowest BCUT2D eigenvalue weighted by Crippen LogP contribution is -2.54. The van der Waals surface area contributed by atoms with E-state index in [1.807, 2.05) is 24.3 Å². The Morgan fingerprint density at radius 2 is 1.74 bits per heavy atom. The van der Waals surface area contributed by atoms with Crippen LogP contribution < -0.4 is 5.32 Å². The first-order valence-electron chi connectivity index (χ1n) is 14.2. The molecule has 2 aliphatic rings. The first kappa shape index (κ1) is 28.7. The van der Waals surface area contributed by atoms with Crippen molar-refractivity contribution in [3.8, 4) is 0 Å². The van der Waals surface area contributed by atoms with Crippen molar-refractivity contribution in [2.24, 2.45) is 23.2 Å². The highest BCUT2D eigenvalue weighted by atomic mass is 16.6. The van der Waals surface area contributed by atoms with Gasteiger partial charge in [0.1, 0.15) is 0 Å². The van der Waals surface area contributed by atoms with Gasteiger partial charge in [-0.25, -0.2) is 0 Å². The fraction of sp³-hybridized carbons (Fsp3) is 0.581. The van der Waals surface area contributed by atoms with Crippen molar-refractivity contribution in [3.63, 3.8) is 0 Å². The number of nitrogens with one attached hydrogen (secondary N) is 1. The van der Waals surface area contributed by atoms with Gasteiger partial charge in [-0.1, -0.05) is 82.5 Å². The molecule has 8 heteroatoms. The lowest BCUT2D eigenvalue weighted by molar-refractivity contribution is -0.578. The molecule has 2 aliphatic carbocycles. The molecule has 5 atom stereocenters. The molecular weight excluding hydrogens is 494 g/mol. The number of carbonyl (C=O) groups excluding carboxylic acids is 1. The third-order valence-corrected chi connectivity index (χ3v) is 8.91. The van der Waals surface area contributed by atoms with Gasteiger partial charge in [0.25, 0.3) is 0 Å². The van der Waals surface area contributed by atoms with Crippen molar-refractivity contribution in [3.05, 3.63) is 80.4 Å². The Labute approximate surface area is 230 Å². The molecule has 0 aromatic heterocycles. The van der Waals surface area contributed by atoms with E-state index in [-0.39, 0.29) is 29.6 Å². The maximum Gasteiger partial charge on any atom is 0.224 e. The molecule has 8 nitrogen and oxygen atoms in total. The molecule has 2 aromatic rings. The predicted octanol–water partition coefficient (Wildman–Crippen LogP) is 6.67. The molecule has 2 fully saturated rings. The van der Waals surface area contributed by atoms with Gasteiger partial charge in [0, 0.05) is 22.2 Å². The minimum atomic E-state index is -1.10. The molecule has 2 saturated carbocycles. The van der Waals surface area contributed by atoms with Crippen LogP contribution in [0.4, 0.5) is 0 Å². The van der Waals surface area contributed by atoms with Gasteiger partial charge < -0.3 is 5.32 Å². The first-order chi connectivity index (χ1) is 18.5. The van der Waals surface area contributed by atoms with Crippen LogP contribution in [-0.4, -0.2) is 27.8 Å². The number of nitro groups is 2. The smallest absolute Gasteiger partial charge is 0.224 e. The molecule has 0 aliphatic heterocycles. The van der Waals surface area contributed by atoms with Gasteiger partial charge >= 0.3 is 0 Å². The summed E-state index contributed by atoms with van der Waals surface area (Å²) in [6, 6.07) is 9.62. The molecule has 1 N–H and O–H groups in total. The average Bonchev–Trinajstić information content (AvgIpc) is 2.91. The maximum absolute atomic E-state index is 14.2. The zero-order valence-electron chi connectivity index (χ0n) is 23.3. The van der Waals surface area contributed by atoms with Crippen molar-refractivity contribution in [1.29, 1.82) is 0 Å². The molecule has 5 unspecified atom stereocenters. The molecule has 4 rings (SSSR count). The average molecular weight is 536 g/mol. The highest BCUT2D eigenvalue weighted by molar-refractivity contribution is 5.88. The summed E-state index contributed by atoms with van der Waals surface area (Å²) in [6.45, 7) is 10.1. The first-order valence-corrected chi connectivity index (χ1v) is 14.2. The number of fused-ring (bicyclic) bond motifs is 1. The summed E-state index contributed by atoms with van der Waals surface area (Å²) in [5.74, 6) is -1.56. The van der Waals surface area contributed by atoms with Crippen molar-refractivity contribution in [2.45, 2.75) is 90.3 Å². The lowest BCUT2D eigenvalue weighted by atomic mass is 9.64. The third kappa shape index (κ3) is 6.15. The van der Waals surface area contributed by atoms with Gasteiger partial charge in [0.2, 0.25) is 18.0 Å². The van der Waals surface area contributed by atoms with Crippen LogP contribution in [0.2, 0.25) is 0 Å². The van der Waals surface area contributed by atoms with Crippen molar-refractivity contribution in [1.82, 2.24) is 5.32 Å². The summed E-state index contributed by atoms with van der Waals surface area (Å²) in [7, 11) is 0. The van der Waals surface area contributed by atoms with E-state index in [1.165, 1.54) is 0 Å². The summed E-state index contributed by atoms with van der Waals surface area (Å²) < 4.78 is 0. The summed E-state index contributed by atoms with van der Waals surface area (Å²) in [5.41, 5.74) is 1.67. The summed E-state index contributed by atoms with van der Waals surface area (Å²) in [4.78, 5) is 37.6. The van der Waals surface area contributed by atoms with E-state index < -0.39 is 40.3 Å². The number of rotatable bonds is 8. The Morgan fingerprint density at radius 1 is 1.05 bits per heavy atom. The van der Waals surface area contributed by atoms with Gasteiger partial charge in [-0.2, -0.15) is 0 Å². The Morgan fingerprint density at radius 3 is 2.36 bits per heavy atom. The Bertz CT molecular complexity index is 1230. The van der Waals surface area contributed by atoms with E-state index in [9.17, 15) is 25.0 Å². The number of hydrogen-bond donors (Lipinski definition) is 1. The second-order valence-corrected chi connectivity index (χ2v) is 12.5. The van der Waals surface area contributed by atoms with Gasteiger partial charge in [0.15, 0.2) is 0 Å². The fourth-order valence-electron chi connectivity index (χ4n) is 7.08. The molecule has 0 radical (unpaired) electrons. The van der Waals surface area contributed by atoms with Crippen molar-refractivity contribution < 1.29 is 14.6 Å². The van der Waals surface area contributed by atoms with Crippen LogP contribution in [0.5, 0.6) is 0 Å². The topological polar surface area (TPSA) is 115 Å². The molecular formula is C31H41N3O5. The normalized spacial score (nSPS) is 25.1. The highest BCUT2D eigenvalue weighted by Gasteiger charge is 2.54. The van der Waals surface area contributed by atoms with Crippen molar-refractivity contribution >= 4 is 16.7 Å². The number of amides is 1. The third-order valence-electron chi connectivity index (χ3n) is 8.91. The maximum atomic E-state index is 14.2. The minimum Gasteiger partial charge on any atom is -0.348 e. The van der Waals surface area contributed by atoms with E-state index in [0.29, 0.717) is 6.42 Å². The standard InChI is InChI=1S/C31H41N3O5/c1-5-11-21-17-16-20-12-9-10-15-24(20)28(21)29(31(2,3)4)32-30(35)25-18-23(33(36)37)19-26(34(38)39)27(25)22-13-7-6-8-14-22/h5,9-10,12,15-17,22-23,25-27,29H,1,6-8,11,13-14,18-19H2,2-4H3,(H,32,35). The molecule has 0 saturated heterocycles. The van der Waals surface area contributed by atoms with Crippen LogP contribution in [0.25, 0.3) is 10.8 Å². The van der Waals surface area contributed by atoms with E-state index in [1.54, 1.807) is 0 Å². The Hall–Kier alpha value is -3.29. The minimum absolute atomic E-state index is 0.0274. The predicted molar refractivity (Wildman–Crippen MR) is 153 cm³/mol. The summed E-state index contributed by atoms with van der Waals surface area (Å²) in [5, 5.41) is 29.5. The largest absolute Gasteiger partial charge is 0.348 e. The van der Waals surface area contributed by atoms with Crippen LogP contribution in [0, 0.1) is 43.4 Å². The second kappa shape index (κ2) is 11.8. The van der Waals surface area contributed by atoms with Crippen LogP contribution in [0.1, 0.15) is 82.9 Å². The number of benzene rings is 2. The monoisotopic (exact) mass is 535 g/mol. The number of carbonyl (C=O) groups is 1. The van der Waals surface area contributed by atoms with E-state index in [2.05, 4.69) is 50.9 Å². The number of allylic oxidation sites excluding steroid dienone is 1. The van der Waals surface area contributed by atoms with Crippen LogP contribution in [0.15, 0.2) is 49.1 Å². The molecule has 2 aromatic carbocycles. The SMILES string of the molecule is C=CCc1ccc2ccccc2c1C(NC(=O)C1CC([N+](=O)[O-])CC([N+](=O)[O-])C1C1CCCCC1)C(C)(C)C. The molecule has 0 bridgehead atoms. The van der Waals surface area contributed by atoms with Gasteiger partial charge in [-0.05, 0) is 52.5 Å². The molecule has 210 valence electrons. The Balaban J connectivity index is 1.78. The molecule has 0 spiro atoms. The van der Waals surface area contributed by atoms with Crippen LogP contribution in [-0.2, 0) is 11.2 Å². The molecule has 1 amide bonds. The van der Waals surface area contributed by atoms with Crippen LogP contribution in [0.3, 0.4) is 0 Å². The van der Waals surface area contributed by atoms with Crippen molar-refractivity contribution in [2.75, 3.05) is 0 Å². The van der Waals surface area contributed by atoms with Gasteiger partial charge in [-0.15, -0.1) is 6.58 Å². The molecule has 39 heavy (non-hydrogen) atoms. The Kier molecular flexibility index (Phi) is 8.72. The summed E-state index contributed by atoms with van der Waals surface area (Å²) in [6.07, 6.45) is 7.10. The van der Waals surface area contributed by atoms with E-state index >= 15 is 0 Å². The molecule has 0 heterocycles. The highest BCUT2D eigenvalue weighted by Crippen LogP contribution is 2.45.